The second kappa shape index (κ2) is 1.75. The van der Waals surface area contributed by atoms with Crippen molar-refractivity contribution in [3.05, 3.63) is 11.5 Å². The molecule has 1 aliphatic heterocycles. The second-order valence-electron chi connectivity index (χ2n) is 1.87. The molecule has 0 aromatic heterocycles. The fourth-order valence-electron chi connectivity index (χ4n) is 0.510. The van der Waals surface area contributed by atoms with Crippen molar-refractivity contribution in [3.63, 3.8) is 0 Å². The van der Waals surface area contributed by atoms with E-state index >= 15 is 0 Å². The molecule has 0 aromatic rings. The van der Waals surface area contributed by atoms with E-state index in [4.69, 9.17) is 0 Å². The Morgan fingerprint density at radius 2 is 2.57 bits per heavy atom. The Bertz CT molecular complexity index is 84.3. The normalized spacial score (nSPS) is 39.7. The van der Waals surface area contributed by atoms with E-state index in [1.54, 1.807) is 11.8 Å². The Morgan fingerprint density at radius 3 is 2.71 bits per heavy atom. The summed E-state index contributed by atoms with van der Waals surface area (Å²) in [5, 5.41) is 2.10. The van der Waals surface area contributed by atoms with Crippen molar-refractivity contribution in [1.82, 2.24) is 0 Å². The number of rotatable bonds is 0. The van der Waals surface area contributed by atoms with Gasteiger partial charge in [0.15, 0.2) is 0 Å². The van der Waals surface area contributed by atoms with Crippen LogP contribution in [0.2, 0.25) is 0 Å². The Kier molecular flexibility index (Phi) is 1.39. The molecule has 1 unspecified atom stereocenters. The molecule has 1 atom stereocenters. The maximum atomic E-state index is 4.35. The van der Waals surface area contributed by atoms with Crippen LogP contribution in [0.25, 0.3) is 0 Å². The summed E-state index contributed by atoms with van der Waals surface area (Å²) < 4.78 is 0.194. The van der Waals surface area contributed by atoms with Gasteiger partial charge in [0.05, 0.1) is 4.08 Å². The summed E-state index contributed by atoms with van der Waals surface area (Å²) in [5.41, 5.74) is 0. The summed E-state index contributed by atoms with van der Waals surface area (Å²) in [6, 6.07) is 0. The van der Waals surface area contributed by atoms with Crippen molar-refractivity contribution >= 4 is 24.4 Å². The van der Waals surface area contributed by atoms with E-state index < -0.39 is 0 Å². The summed E-state index contributed by atoms with van der Waals surface area (Å²) in [4.78, 5) is 0. The van der Waals surface area contributed by atoms with Crippen LogP contribution in [0.1, 0.15) is 13.3 Å². The first-order chi connectivity index (χ1) is 3.21. The van der Waals surface area contributed by atoms with Gasteiger partial charge in [-0.1, -0.05) is 6.08 Å². The molecule has 40 valence electrons. The van der Waals surface area contributed by atoms with Gasteiger partial charge in [-0.3, -0.25) is 0 Å². The first-order valence-corrected chi connectivity index (χ1v) is 3.59. The highest BCUT2D eigenvalue weighted by atomic mass is 32.2. The number of hydrogen-bond donors (Lipinski definition) is 1. The average molecular weight is 132 g/mol. The van der Waals surface area contributed by atoms with Crippen molar-refractivity contribution < 1.29 is 0 Å². The van der Waals surface area contributed by atoms with Crippen molar-refractivity contribution in [3.8, 4) is 0 Å². The van der Waals surface area contributed by atoms with Crippen molar-refractivity contribution in [2.24, 2.45) is 0 Å². The van der Waals surface area contributed by atoms with Gasteiger partial charge in [0, 0.05) is 0 Å². The quantitative estimate of drug-likeness (QED) is 0.493. The molecule has 0 fully saturated rings. The maximum absolute atomic E-state index is 4.35. The smallest absolute Gasteiger partial charge is 0.0629 e. The van der Waals surface area contributed by atoms with E-state index in [2.05, 4.69) is 31.0 Å². The summed E-state index contributed by atoms with van der Waals surface area (Å²) in [6.45, 7) is 2.13. The van der Waals surface area contributed by atoms with Crippen LogP contribution < -0.4 is 0 Å². The molecular weight excluding hydrogens is 124 g/mol. The Morgan fingerprint density at radius 1 is 1.86 bits per heavy atom. The minimum Gasteiger partial charge on any atom is -0.161 e. The molecule has 0 N–H and O–H groups in total. The minimum absolute atomic E-state index is 0.194. The lowest BCUT2D eigenvalue weighted by Crippen LogP contribution is -2.02. The Balaban J connectivity index is 2.49. The van der Waals surface area contributed by atoms with Gasteiger partial charge in [0.1, 0.15) is 0 Å². The van der Waals surface area contributed by atoms with Gasteiger partial charge in [0.25, 0.3) is 0 Å². The van der Waals surface area contributed by atoms with Gasteiger partial charge in [0.2, 0.25) is 0 Å². The highest BCUT2D eigenvalue weighted by Crippen LogP contribution is 2.38. The summed E-state index contributed by atoms with van der Waals surface area (Å²) in [5.74, 6) is 0. The van der Waals surface area contributed by atoms with E-state index in [1.165, 1.54) is 0 Å². The standard InChI is InChI=1S/C5H8S2/c1-5(6)3-2-4-7-5/h2,4,6H,3H2,1H3. The summed E-state index contributed by atoms with van der Waals surface area (Å²) >= 11 is 6.13. The van der Waals surface area contributed by atoms with Gasteiger partial charge in [-0.05, 0) is 18.8 Å². The van der Waals surface area contributed by atoms with Gasteiger partial charge >= 0.3 is 0 Å². The molecule has 0 spiro atoms. The minimum atomic E-state index is 0.194. The Labute approximate surface area is 53.8 Å². The fourth-order valence-corrected chi connectivity index (χ4v) is 1.48. The van der Waals surface area contributed by atoms with Gasteiger partial charge in [-0.2, -0.15) is 12.6 Å². The molecule has 0 saturated carbocycles. The summed E-state index contributed by atoms with van der Waals surface area (Å²) in [6.07, 6.45) is 3.25. The highest BCUT2D eigenvalue weighted by molar-refractivity contribution is 8.13. The molecule has 0 aromatic carbocycles. The van der Waals surface area contributed by atoms with Gasteiger partial charge in [-0.25, -0.2) is 0 Å². The lowest BCUT2D eigenvalue weighted by atomic mass is 10.3. The van der Waals surface area contributed by atoms with Crippen molar-refractivity contribution in [1.29, 1.82) is 0 Å². The lowest BCUT2D eigenvalue weighted by molar-refractivity contribution is 0.939. The molecule has 0 amide bonds. The van der Waals surface area contributed by atoms with E-state index in [0.717, 1.165) is 6.42 Å². The number of hydrogen-bond acceptors (Lipinski definition) is 2. The largest absolute Gasteiger partial charge is 0.161 e. The molecule has 0 nitrogen and oxygen atoms in total. The van der Waals surface area contributed by atoms with Gasteiger partial charge < -0.3 is 0 Å². The molecule has 0 radical (unpaired) electrons. The molecule has 2 heteroatoms. The fraction of sp³-hybridized carbons (Fsp3) is 0.600. The second-order valence-corrected chi connectivity index (χ2v) is 4.57. The molecule has 0 aliphatic carbocycles. The predicted octanol–water partition coefficient (Wildman–Crippen LogP) is 2.28. The van der Waals surface area contributed by atoms with Crippen molar-refractivity contribution in [2.45, 2.75) is 17.4 Å². The molecule has 0 bridgehead atoms. The first kappa shape index (κ1) is 5.57. The molecular formula is C5H8S2. The molecule has 0 saturated heterocycles. The van der Waals surface area contributed by atoms with Crippen LogP contribution in [0.15, 0.2) is 11.5 Å². The third-order valence-corrected chi connectivity index (χ3v) is 2.42. The van der Waals surface area contributed by atoms with E-state index in [-0.39, 0.29) is 4.08 Å². The van der Waals surface area contributed by atoms with Crippen LogP contribution >= 0.6 is 24.4 Å². The third kappa shape index (κ3) is 1.42. The predicted molar refractivity (Wildman–Crippen MR) is 38.7 cm³/mol. The van der Waals surface area contributed by atoms with Crippen molar-refractivity contribution in [2.75, 3.05) is 0 Å². The number of thioether (sulfide) groups is 1. The third-order valence-electron chi connectivity index (χ3n) is 0.915. The molecule has 1 heterocycles. The van der Waals surface area contributed by atoms with Crippen LogP contribution in [-0.4, -0.2) is 4.08 Å². The molecule has 7 heavy (non-hydrogen) atoms. The maximum Gasteiger partial charge on any atom is 0.0629 e. The monoisotopic (exact) mass is 132 g/mol. The van der Waals surface area contributed by atoms with Crippen LogP contribution in [0.5, 0.6) is 0 Å². The lowest BCUT2D eigenvalue weighted by Gasteiger charge is -2.11. The van der Waals surface area contributed by atoms with Gasteiger partial charge in [-0.15, -0.1) is 11.8 Å². The van der Waals surface area contributed by atoms with E-state index in [1.807, 2.05) is 0 Å². The number of thiol groups is 1. The Hall–Kier alpha value is 0.440. The SMILES string of the molecule is CC1(S)CC=CS1. The first-order valence-electron chi connectivity index (χ1n) is 2.26. The zero-order valence-electron chi connectivity index (χ0n) is 4.22. The molecule has 1 rings (SSSR count). The molecule has 1 aliphatic rings. The average Bonchev–Trinajstić information content (AvgIpc) is 1.84. The van der Waals surface area contributed by atoms with Crippen LogP contribution in [0.4, 0.5) is 0 Å². The summed E-state index contributed by atoms with van der Waals surface area (Å²) in [7, 11) is 0. The zero-order chi connectivity index (χ0) is 5.33. The van der Waals surface area contributed by atoms with E-state index in [0.29, 0.717) is 0 Å². The van der Waals surface area contributed by atoms with Crippen LogP contribution in [0.3, 0.4) is 0 Å². The van der Waals surface area contributed by atoms with Crippen LogP contribution in [0, 0.1) is 0 Å². The van der Waals surface area contributed by atoms with E-state index in [9.17, 15) is 0 Å². The zero-order valence-corrected chi connectivity index (χ0v) is 5.93. The number of allylic oxidation sites excluding steroid dienone is 1. The topological polar surface area (TPSA) is 0 Å². The highest BCUT2D eigenvalue weighted by Gasteiger charge is 2.19. The van der Waals surface area contributed by atoms with Crippen LogP contribution in [-0.2, 0) is 0 Å².